The molecule has 0 aliphatic heterocycles. The van der Waals surface area contributed by atoms with Crippen LogP contribution in [-0.4, -0.2) is 5.25 Å². The molecule has 1 saturated carbocycles. The van der Waals surface area contributed by atoms with E-state index in [-0.39, 0.29) is 10.7 Å². The molecule has 72 valence electrons. The van der Waals surface area contributed by atoms with Gasteiger partial charge in [-0.25, -0.2) is 0 Å². The maximum atomic E-state index is 6.80. The summed E-state index contributed by atoms with van der Waals surface area (Å²) in [5, 5.41) is 0.630. The minimum Gasteiger partial charge on any atom is -0.181 e. The lowest BCUT2D eigenvalue weighted by Crippen LogP contribution is -1.96. The zero-order valence-corrected chi connectivity index (χ0v) is 9.88. The zero-order chi connectivity index (χ0) is 9.97. The first-order valence-corrected chi connectivity index (χ1v) is 6.41. The van der Waals surface area contributed by atoms with Crippen molar-refractivity contribution in [2.45, 2.75) is 23.0 Å². The molecule has 1 aliphatic rings. The molecular weight excluding hydrogens is 260 g/mol. The molecule has 1 aromatic carbocycles. The van der Waals surface area contributed by atoms with Crippen molar-refractivity contribution in [3.63, 3.8) is 0 Å². The fourth-order valence-corrected chi connectivity index (χ4v) is 3.18. The van der Waals surface area contributed by atoms with Crippen LogP contribution in [0.25, 0.3) is 4.95 Å². The van der Waals surface area contributed by atoms with Gasteiger partial charge in [0.05, 0.1) is 0 Å². The van der Waals surface area contributed by atoms with Crippen LogP contribution in [0.3, 0.4) is 0 Å². The molecule has 14 heavy (non-hydrogen) atoms. The lowest BCUT2D eigenvalue weighted by molar-refractivity contribution is 1.37. The smallest absolute Gasteiger partial charge is 0.119 e. The lowest BCUT2D eigenvalue weighted by Gasteiger charge is -2.00. The Balaban J connectivity index is 2.32. The van der Waals surface area contributed by atoms with Gasteiger partial charge in [-0.15, -0.1) is 4.95 Å². The third-order valence-electron chi connectivity index (χ3n) is 2.02. The molecule has 1 atom stereocenters. The summed E-state index contributed by atoms with van der Waals surface area (Å²) in [5.74, 6) is 0. The van der Waals surface area contributed by atoms with E-state index in [4.69, 9.17) is 6.57 Å². The van der Waals surface area contributed by atoms with Crippen LogP contribution in [0.15, 0.2) is 38.1 Å². The molecule has 0 aromatic heterocycles. The average molecular weight is 269 g/mol. The maximum Gasteiger partial charge on any atom is 0.119 e. The first-order chi connectivity index (χ1) is 6.81. The number of rotatable bonds is 2. The third kappa shape index (κ3) is 2.23. The van der Waals surface area contributed by atoms with Gasteiger partial charge in [0.1, 0.15) is 4.47 Å². The summed E-state index contributed by atoms with van der Waals surface area (Å²) in [5.41, 5.74) is 0. The number of benzene rings is 1. The molecule has 2 nitrogen and oxygen atoms in total. The van der Waals surface area contributed by atoms with Gasteiger partial charge in [-0.2, -0.15) is 6.57 Å². The Kier molecular flexibility index (Phi) is 2.99. The Labute approximate surface area is 94.4 Å². The predicted octanol–water partition coefficient (Wildman–Crippen LogP) is 3.61. The zero-order valence-electron chi connectivity index (χ0n) is 7.48. The van der Waals surface area contributed by atoms with Gasteiger partial charge in [0.15, 0.2) is 0 Å². The van der Waals surface area contributed by atoms with Gasteiger partial charge in [-0.1, -0.05) is 15.9 Å². The molecule has 2 rings (SSSR count). The van der Waals surface area contributed by atoms with Gasteiger partial charge in [0.25, 0.3) is 0 Å². The van der Waals surface area contributed by atoms with E-state index in [1.165, 1.54) is 17.7 Å². The molecule has 1 unspecified atom stereocenters. The van der Waals surface area contributed by atoms with Gasteiger partial charge in [0, 0.05) is 25.3 Å². The van der Waals surface area contributed by atoms with Crippen molar-refractivity contribution in [1.82, 2.24) is 0 Å². The van der Waals surface area contributed by atoms with Crippen LogP contribution in [-0.2, 0) is 10.7 Å². The minimum absolute atomic E-state index is 0.187. The molecular formula is C10H9BrN2S. The number of nitrogens with zero attached hydrogens (tertiary/aromatic N) is 2. The fourth-order valence-electron chi connectivity index (χ4n) is 1.22. The molecule has 0 heterocycles. The van der Waals surface area contributed by atoms with Crippen LogP contribution in [0, 0.1) is 6.57 Å². The van der Waals surface area contributed by atoms with E-state index in [2.05, 4.69) is 37.5 Å². The van der Waals surface area contributed by atoms with Crippen LogP contribution in [0.1, 0.15) is 12.8 Å². The second-order valence-electron chi connectivity index (χ2n) is 3.15. The molecule has 0 bridgehead atoms. The van der Waals surface area contributed by atoms with Gasteiger partial charge in [0.2, 0.25) is 0 Å². The second kappa shape index (κ2) is 4.24. The van der Waals surface area contributed by atoms with E-state index in [1.54, 1.807) is 0 Å². The lowest BCUT2D eigenvalue weighted by atomic mass is 10.4. The monoisotopic (exact) mass is 268 g/mol. The average Bonchev–Trinajstić information content (AvgIpc) is 2.99. The first kappa shape index (κ1) is 9.88. The van der Waals surface area contributed by atoms with Crippen molar-refractivity contribution in [3.8, 4) is 0 Å². The summed E-state index contributed by atoms with van der Waals surface area (Å²) in [4.78, 5) is 4.36. The van der Waals surface area contributed by atoms with Crippen molar-refractivity contribution >= 4 is 26.6 Å². The molecule has 4 heteroatoms. The topological polar surface area (TPSA) is 16.7 Å². The van der Waals surface area contributed by atoms with E-state index < -0.39 is 0 Å². The predicted molar refractivity (Wildman–Crippen MR) is 61.8 cm³/mol. The molecule has 0 saturated heterocycles. The number of halogens is 1. The van der Waals surface area contributed by atoms with Crippen molar-refractivity contribution in [1.29, 1.82) is 0 Å². The maximum absolute atomic E-state index is 6.80. The second-order valence-corrected chi connectivity index (χ2v) is 6.00. The van der Waals surface area contributed by atoms with E-state index in [0.29, 0.717) is 5.25 Å². The first-order valence-electron chi connectivity index (χ1n) is 4.37. The summed E-state index contributed by atoms with van der Waals surface area (Å²) in [7, 11) is -0.187. The quantitative estimate of drug-likeness (QED) is 0.576. The van der Waals surface area contributed by atoms with E-state index in [0.717, 1.165) is 4.47 Å². The van der Waals surface area contributed by atoms with Crippen LogP contribution < -0.4 is 0 Å². The summed E-state index contributed by atoms with van der Waals surface area (Å²) in [6.45, 7) is 6.80. The highest BCUT2D eigenvalue weighted by atomic mass is 79.9. The van der Waals surface area contributed by atoms with E-state index in [1.807, 2.05) is 12.1 Å². The van der Waals surface area contributed by atoms with Gasteiger partial charge < -0.3 is 0 Å². The Morgan fingerprint density at radius 1 is 1.36 bits per heavy atom. The standard InChI is InChI=1S/C10H9BrN2S/c1-12-13-14(10-6-7-10)9-4-2-8(11)3-5-9/h2-5,10H,6-7H2. The SMILES string of the molecule is [C-]#[N+]/N=S(/c1ccc(Br)cc1)C1CC1. The normalized spacial score (nSPS) is 17.7. The minimum atomic E-state index is -0.187. The summed E-state index contributed by atoms with van der Waals surface area (Å²) in [6.07, 6.45) is 2.44. The highest BCUT2D eigenvalue weighted by Crippen LogP contribution is 2.32. The highest BCUT2D eigenvalue weighted by Gasteiger charge is 2.29. The Bertz CT molecular complexity index is 401. The Morgan fingerprint density at radius 3 is 2.50 bits per heavy atom. The molecule has 0 N–H and O–H groups in total. The summed E-state index contributed by atoms with van der Waals surface area (Å²) in [6, 6.07) is 8.13. The fraction of sp³-hybridized carbons (Fsp3) is 0.300. The van der Waals surface area contributed by atoms with Gasteiger partial charge >= 0.3 is 0 Å². The molecule has 1 aliphatic carbocycles. The van der Waals surface area contributed by atoms with E-state index >= 15 is 0 Å². The summed E-state index contributed by atoms with van der Waals surface area (Å²) < 4.78 is 5.06. The van der Waals surface area contributed by atoms with Crippen molar-refractivity contribution in [2.75, 3.05) is 0 Å². The Hall–Kier alpha value is -0.660. The van der Waals surface area contributed by atoms with Crippen molar-refractivity contribution in [3.05, 3.63) is 40.3 Å². The van der Waals surface area contributed by atoms with Crippen molar-refractivity contribution in [2.24, 2.45) is 4.47 Å². The van der Waals surface area contributed by atoms with E-state index in [9.17, 15) is 0 Å². The van der Waals surface area contributed by atoms with Crippen LogP contribution >= 0.6 is 15.9 Å². The molecule has 0 amide bonds. The molecule has 1 fully saturated rings. The van der Waals surface area contributed by atoms with Gasteiger partial charge in [-0.3, -0.25) is 0 Å². The molecule has 0 spiro atoms. The van der Waals surface area contributed by atoms with Crippen LogP contribution in [0.2, 0.25) is 0 Å². The van der Waals surface area contributed by atoms with Crippen LogP contribution in [0.5, 0.6) is 0 Å². The largest absolute Gasteiger partial charge is 0.181 e. The number of hydrogen-bond donors (Lipinski definition) is 0. The van der Waals surface area contributed by atoms with Crippen molar-refractivity contribution < 1.29 is 0 Å². The highest BCUT2D eigenvalue weighted by molar-refractivity contribution is 9.10. The number of hydrogen-bond acceptors (Lipinski definition) is 1. The molecule has 0 radical (unpaired) electrons. The molecule has 1 aromatic rings. The van der Waals surface area contributed by atoms with Crippen LogP contribution in [0.4, 0.5) is 0 Å². The third-order valence-corrected chi connectivity index (χ3v) is 4.67. The summed E-state index contributed by atoms with van der Waals surface area (Å²) >= 11 is 3.40. The van der Waals surface area contributed by atoms with Gasteiger partial charge in [-0.05, 0) is 37.1 Å². The Morgan fingerprint density at radius 2 is 2.00 bits per heavy atom.